The topological polar surface area (TPSA) is 56.3 Å². The summed E-state index contributed by atoms with van der Waals surface area (Å²) in [4.78, 5) is 17.9. The number of likely N-dealkylation sites (tertiary alicyclic amines) is 1. The maximum Gasteiger partial charge on any atom is 0.256 e. The fourth-order valence-electron chi connectivity index (χ4n) is 3.43. The Balaban J connectivity index is 2.25. The Morgan fingerprint density at radius 3 is 2.90 bits per heavy atom. The van der Waals surface area contributed by atoms with Gasteiger partial charge in [-0.1, -0.05) is 26.7 Å². The molecular weight excluding hydrogens is 252 g/mol. The molecule has 0 radical (unpaired) electrons. The quantitative estimate of drug-likeness (QED) is 0.840. The first-order chi connectivity index (χ1) is 9.68. The van der Waals surface area contributed by atoms with E-state index in [0.29, 0.717) is 0 Å². The molecule has 1 aromatic rings. The third kappa shape index (κ3) is 2.62. The number of nitrogens with zero attached hydrogens (tertiary/aromatic N) is 1. The number of amides is 1. The molecule has 0 bridgehead atoms. The minimum absolute atomic E-state index is 0.0696. The van der Waals surface area contributed by atoms with Crippen LogP contribution in [0, 0.1) is 0 Å². The van der Waals surface area contributed by atoms with Gasteiger partial charge in [0.15, 0.2) is 0 Å². The summed E-state index contributed by atoms with van der Waals surface area (Å²) in [5.41, 5.74) is 1.46. The molecular formula is C16H26N2O2. The molecule has 0 spiro atoms. The summed E-state index contributed by atoms with van der Waals surface area (Å²) >= 11 is 0. The number of carbonyl (C=O) groups is 1. The van der Waals surface area contributed by atoms with Crippen LogP contribution in [0.25, 0.3) is 0 Å². The number of hydrogen-bond donors (Lipinski definition) is 2. The molecule has 1 unspecified atom stereocenters. The molecule has 2 N–H and O–H groups in total. The van der Waals surface area contributed by atoms with Gasteiger partial charge in [-0.3, -0.25) is 4.79 Å². The standard InChI is InChI=1S/C16H26N2O2/c1-3-6-14-13(7-10-17-14)15(20)18-11-5-9-16(18,12-19)8-4-2/h7,10,17,19H,3-6,8-9,11-12H2,1-2H3. The van der Waals surface area contributed by atoms with Gasteiger partial charge in [0, 0.05) is 18.4 Å². The molecule has 1 saturated heterocycles. The van der Waals surface area contributed by atoms with Crippen LogP contribution in [0.3, 0.4) is 0 Å². The zero-order valence-electron chi connectivity index (χ0n) is 12.6. The number of hydrogen-bond acceptors (Lipinski definition) is 2. The normalized spacial score (nSPS) is 22.4. The Bertz CT molecular complexity index is 455. The first-order valence-electron chi connectivity index (χ1n) is 7.77. The molecule has 1 aliphatic heterocycles. The molecule has 1 atom stereocenters. The van der Waals surface area contributed by atoms with Crippen molar-refractivity contribution in [3.05, 3.63) is 23.5 Å². The van der Waals surface area contributed by atoms with Gasteiger partial charge < -0.3 is 15.0 Å². The van der Waals surface area contributed by atoms with E-state index in [1.165, 1.54) is 0 Å². The minimum atomic E-state index is -0.341. The predicted molar refractivity (Wildman–Crippen MR) is 79.8 cm³/mol. The number of aliphatic hydroxyl groups excluding tert-OH is 1. The Hall–Kier alpha value is -1.29. The largest absolute Gasteiger partial charge is 0.394 e. The predicted octanol–water partition coefficient (Wildman–Crippen LogP) is 2.73. The van der Waals surface area contributed by atoms with Crippen molar-refractivity contribution >= 4 is 5.91 Å². The van der Waals surface area contributed by atoms with E-state index in [0.717, 1.165) is 56.3 Å². The minimum Gasteiger partial charge on any atom is -0.394 e. The number of H-pyrrole nitrogens is 1. The molecule has 1 amide bonds. The Labute approximate surface area is 121 Å². The van der Waals surface area contributed by atoms with Gasteiger partial charge in [-0.2, -0.15) is 0 Å². The number of aromatic nitrogens is 1. The van der Waals surface area contributed by atoms with Crippen molar-refractivity contribution in [2.45, 2.75) is 57.9 Å². The van der Waals surface area contributed by atoms with Crippen LogP contribution in [-0.4, -0.2) is 39.6 Å². The summed E-state index contributed by atoms with van der Waals surface area (Å²) in [6, 6.07) is 1.87. The van der Waals surface area contributed by atoms with E-state index in [1.807, 2.05) is 17.2 Å². The van der Waals surface area contributed by atoms with Gasteiger partial charge in [-0.05, 0) is 31.7 Å². The summed E-state index contributed by atoms with van der Waals surface area (Å²) in [6.07, 6.45) is 7.51. The highest BCUT2D eigenvalue weighted by atomic mass is 16.3. The SMILES string of the molecule is CCCc1[nH]ccc1C(=O)N1CCCC1(CO)CCC. The first kappa shape index (κ1) is 15.1. The second-order valence-corrected chi connectivity index (χ2v) is 5.81. The Morgan fingerprint density at radius 1 is 1.45 bits per heavy atom. The van der Waals surface area contributed by atoms with Crippen LogP contribution in [0.2, 0.25) is 0 Å². The van der Waals surface area contributed by atoms with E-state index in [4.69, 9.17) is 0 Å². The van der Waals surface area contributed by atoms with Crippen LogP contribution in [-0.2, 0) is 6.42 Å². The summed E-state index contributed by atoms with van der Waals surface area (Å²) < 4.78 is 0. The summed E-state index contributed by atoms with van der Waals surface area (Å²) in [6.45, 7) is 5.05. The van der Waals surface area contributed by atoms with Gasteiger partial charge in [0.05, 0.1) is 17.7 Å². The van der Waals surface area contributed by atoms with Gasteiger partial charge in [0.2, 0.25) is 0 Å². The molecule has 0 saturated carbocycles. The van der Waals surface area contributed by atoms with E-state index < -0.39 is 0 Å². The van der Waals surface area contributed by atoms with Gasteiger partial charge >= 0.3 is 0 Å². The third-order valence-corrected chi connectivity index (χ3v) is 4.41. The molecule has 4 nitrogen and oxygen atoms in total. The van der Waals surface area contributed by atoms with Crippen molar-refractivity contribution in [1.82, 2.24) is 9.88 Å². The van der Waals surface area contributed by atoms with Crippen molar-refractivity contribution in [3.63, 3.8) is 0 Å². The molecule has 1 fully saturated rings. The van der Waals surface area contributed by atoms with E-state index >= 15 is 0 Å². The number of aryl methyl sites for hydroxylation is 1. The fourth-order valence-corrected chi connectivity index (χ4v) is 3.43. The van der Waals surface area contributed by atoms with Crippen molar-refractivity contribution in [2.24, 2.45) is 0 Å². The lowest BCUT2D eigenvalue weighted by atomic mass is 9.91. The van der Waals surface area contributed by atoms with Crippen LogP contribution in [0.5, 0.6) is 0 Å². The number of aliphatic hydroxyl groups is 1. The van der Waals surface area contributed by atoms with Gasteiger partial charge in [-0.15, -0.1) is 0 Å². The summed E-state index contributed by atoms with van der Waals surface area (Å²) in [7, 11) is 0. The smallest absolute Gasteiger partial charge is 0.256 e. The zero-order chi connectivity index (χ0) is 14.6. The third-order valence-electron chi connectivity index (χ3n) is 4.41. The number of rotatable bonds is 6. The first-order valence-corrected chi connectivity index (χ1v) is 7.77. The molecule has 4 heteroatoms. The van der Waals surface area contributed by atoms with Gasteiger partial charge in [0.25, 0.3) is 5.91 Å². The molecule has 1 aliphatic rings. The van der Waals surface area contributed by atoms with Crippen molar-refractivity contribution < 1.29 is 9.90 Å². The molecule has 0 aromatic carbocycles. The monoisotopic (exact) mass is 278 g/mol. The Morgan fingerprint density at radius 2 is 2.25 bits per heavy atom. The second kappa shape index (κ2) is 6.44. The molecule has 0 aliphatic carbocycles. The highest BCUT2D eigenvalue weighted by Crippen LogP contribution is 2.34. The van der Waals surface area contributed by atoms with Crippen LogP contribution < -0.4 is 0 Å². The summed E-state index contributed by atoms with van der Waals surface area (Å²) in [5.74, 6) is 0.0784. The molecule has 2 heterocycles. The second-order valence-electron chi connectivity index (χ2n) is 5.81. The average molecular weight is 278 g/mol. The summed E-state index contributed by atoms with van der Waals surface area (Å²) in [5, 5.41) is 9.84. The molecule has 20 heavy (non-hydrogen) atoms. The van der Waals surface area contributed by atoms with Gasteiger partial charge in [-0.25, -0.2) is 0 Å². The average Bonchev–Trinajstić information content (AvgIpc) is 3.06. The van der Waals surface area contributed by atoms with Crippen LogP contribution >= 0.6 is 0 Å². The van der Waals surface area contributed by atoms with Crippen LogP contribution in [0.4, 0.5) is 0 Å². The van der Waals surface area contributed by atoms with E-state index in [1.54, 1.807) is 0 Å². The maximum atomic E-state index is 12.8. The zero-order valence-corrected chi connectivity index (χ0v) is 12.6. The van der Waals surface area contributed by atoms with Crippen molar-refractivity contribution in [3.8, 4) is 0 Å². The fraction of sp³-hybridized carbons (Fsp3) is 0.688. The number of nitrogens with one attached hydrogen (secondary N) is 1. The maximum absolute atomic E-state index is 12.8. The van der Waals surface area contributed by atoms with E-state index in [9.17, 15) is 9.90 Å². The Kier molecular flexibility index (Phi) is 4.86. The van der Waals surface area contributed by atoms with E-state index in [-0.39, 0.29) is 18.1 Å². The van der Waals surface area contributed by atoms with Crippen molar-refractivity contribution in [1.29, 1.82) is 0 Å². The lowest BCUT2D eigenvalue weighted by molar-refractivity contribution is 0.0376. The van der Waals surface area contributed by atoms with E-state index in [2.05, 4.69) is 18.8 Å². The number of carbonyl (C=O) groups excluding carboxylic acids is 1. The molecule has 112 valence electrons. The molecule has 2 rings (SSSR count). The highest BCUT2D eigenvalue weighted by Gasteiger charge is 2.43. The number of aromatic amines is 1. The molecule has 1 aromatic heterocycles. The lowest BCUT2D eigenvalue weighted by Gasteiger charge is -2.37. The van der Waals surface area contributed by atoms with Gasteiger partial charge in [0.1, 0.15) is 0 Å². The van der Waals surface area contributed by atoms with Crippen LogP contribution in [0.1, 0.15) is 62.0 Å². The van der Waals surface area contributed by atoms with Crippen molar-refractivity contribution in [2.75, 3.05) is 13.2 Å². The lowest BCUT2D eigenvalue weighted by Crippen LogP contribution is -2.50. The van der Waals surface area contributed by atoms with Crippen LogP contribution in [0.15, 0.2) is 12.3 Å². The highest BCUT2D eigenvalue weighted by molar-refractivity contribution is 5.96.